The Labute approximate surface area is 86.0 Å². The minimum Gasteiger partial charge on any atom is -0.381 e. The van der Waals surface area contributed by atoms with Gasteiger partial charge in [-0.05, 0) is 42.9 Å². The number of hydrogen-bond acceptors (Lipinski definition) is 2. The quantitative estimate of drug-likeness (QED) is 0.645. The van der Waals surface area contributed by atoms with Crippen molar-refractivity contribution in [3.05, 3.63) is 0 Å². The molecule has 2 fully saturated rings. The third-order valence-corrected chi connectivity index (χ3v) is 4.54. The standard InChI is InChI=1S/C12H20O2/c1-12(6-3-7-13)10-5-4-9(8-10)11(12)14-2/h7,9-11H,3-6,8H2,1-2H3/t9-,10+,11+,12-/m1/s1. The minimum absolute atomic E-state index is 0.276. The molecule has 80 valence electrons. The number of carbonyl (C=O) groups excluding carboxylic acids is 1. The predicted molar refractivity (Wildman–Crippen MR) is 55.0 cm³/mol. The Hall–Kier alpha value is -0.370. The summed E-state index contributed by atoms with van der Waals surface area (Å²) in [5, 5.41) is 0. The van der Waals surface area contributed by atoms with Crippen LogP contribution in [-0.4, -0.2) is 19.5 Å². The van der Waals surface area contributed by atoms with Crippen LogP contribution in [0.25, 0.3) is 0 Å². The highest BCUT2D eigenvalue weighted by Crippen LogP contribution is 2.58. The molecular weight excluding hydrogens is 176 g/mol. The molecule has 0 saturated heterocycles. The summed E-state index contributed by atoms with van der Waals surface area (Å²) in [6.07, 6.45) is 7.16. The first-order chi connectivity index (χ1) is 6.72. The van der Waals surface area contributed by atoms with Gasteiger partial charge in [0.25, 0.3) is 0 Å². The number of fused-ring (bicyclic) bond motifs is 2. The van der Waals surface area contributed by atoms with Crippen molar-refractivity contribution in [1.29, 1.82) is 0 Å². The first kappa shape index (κ1) is 10.2. The minimum atomic E-state index is 0.276. The average molecular weight is 196 g/mol. The molecule has 2 bridgehead atoms. The van der Waals surface area contributed by atoms with Crippen LogP contribution in [0.1, 0.15) is 39.0 Å². The molecule has 0 N–H and O–H groups in total. The highest BCUT2D eigenvalue weighted by molar-refractivity contribution is 5.49. The van der Waals surface area contributed by atoms with Crippen LogP contribution < -0.4 is 0 Å². The van der Waals surface area contributed by atoms with Crippen molar-refractivity contribution in [2.75, 3.05) is 7.11 Å². The van der Waals surface area contributed by atoms with Gasteiger partial charge in [-0.2, -0.15) is 0 Å². The third-order valence-electron chi connectivity index (χ3n) is 4.54. The largest absolute Gasteiger partial charge is 0.381 e. The van der Waals surface area contributed by atoms with Crippen molar-refractivity contribution in [2.24, 2.45) is 17.3 Å². The highest BCUT2D eigenvalue weighted by Gasteiger charge is 2.55. The molecule has 2 aliphatic rings. The molecule has 0 heterocycles. The molecule has 0 spiro atoms. The summed E-state index contributed by atoms with van der Waals surface area (Å²) >= 11 is 0. The zero-order valence-electron chi connectivity index (χ0n) is 9.16. The van der Waals surface area contributed by atoms with Crippen molar-refractivity contribution in [3.8, 4) is 0 Å². The maximum atomic E-state index is 10.5. The first-order valence-corrected chi connectivity index (χ1v) is 5.69. The summed E-state index contributed by atoms with van der Waals surface area (Å²) < 4.78 is 5.64. The maximum Gasteiger partial charge on any atom is 0.120 e. The Balaban J connectivity index is 2.11. The lowest BCUT2D eigenvalue weighted by molar-refractivity contribution is -0.109. The van der Waals surface area contributed by atoms with Crippen LogP contribution in [0.3, 0.4) is 0 Å². The van der Waals surface area contributed by atoms with E-state index in [1.807, 2.05) is 7.11 Å². The van der Waals surface area contributed by atoms with E-state index in [1.165, 1.54) is 19.3 Å². The highest BCUT2D eigenvalue weighted by atomic mass is 16.5. The van der Waals surface area contributed by atoms with Gasteiger partial charge >= 0.3 is 0 Å². The molecule has 0 radical (unpaired) electrons. The van der Waals surface area contributed by atoms with E-state index in [4.69, 9.17) is 4.74 Å². The van der Waals surface area contributed by atoms with E-state index in [-0.39, 0.29) is 5.41 Å². The second-order valence-corrected chi connectivity index (χ2v) is 5.14. The van der Waals surface area contributed by atoms with Crippen molar-refractivity contribution >= 4 is 6.29 Å². The van der Waals surface area contributed by atoms with Crippen LogP contribution in [-0.2, 0) is 9.53 Å². The summed E-state index contributed by atoms with van der Waals surface area (Å²) in [6, 6.07) is 0. The first-order valence-electron chi connectivity index (χ1n) is 5.69. The van der Waals surface area contributed by atoms with E-state index in [1.54, 1.807) is 0 Å². The Morgan fingerprint density at radius 2 is 2.29 bits per heavy atom. The number of ether oxygens (including phenoxy) is 1. The Morgan fingerprint density at radius 1 is 1.50 bits per heavy atom. The molecule has 4 atom stereocenters. The van der Waals surface area contributed by atoms with Crippen LogP contribution >= 0.6 is 0 Å². The van der Waals surface area contributed by atoms with Gasteiger partial charge in [-0.1, -0.05) is 6.92 Å². The molecule has 0 aromatic rings. The fraction of sp³-hybridized carbons (Fsp3) is 0.917. The number of methoxy groups -OCH3 is 1. The van der Waals surface area contributed by atoms with E-state index >= 15 is 0 Å². The molecule has 2 aliphatic carbocycles. The number of carbonyl (C=O) groups is 1. The predicted octanol–water partition coefficient (Wildman–Crippen LogP) is 2.42. The zero-order valence-corrected chi connectivity index (χ0v) is 9.16. The number of aldehydes is 1. The van der Waals surface area contributed by atoms with Gasteiger partial charge in [0.05, 0.1) is 6.10 Å². The van der Waals surface area contributed by atoms with Gasteiger partial charge in [0.1, 0.15) is 6.29 Å². The Kier molecular flexibility index (Phi) is 2.65. The number of hydrogen-bond donors (Lipinski definition) is 0. The Bertz CT molecular complexity index is 226. The van der Waals surface area contributed by atoms with Crippen LogP contribution in [0.2, 0.25) is 0 Å². The second-order valence-electron chi connectivity index (χ2n) is 5.14. The molecular formula is C12H20O2. The van der Waals surface area contributed by atoms with Gasteiger partial charge in [0.15, 0.2) is 0 Å². The molecule has 0 aromatic heterocycles. The normalized spacial score (nSPS) is 45.7. The second kappa shape index (κ2) is 3.65. The summed E-state index contributed by atoms with van der Waals surface area (Å²) in [5.74, 6) is 1.57. The van der Waals surface area contributed by atoms with Crippen LogP contribution in [0.5, 0.6) is 0 Å². The van der Waals surface area contributed by atoms with Gasteiger partial charge in [-0.3, -0.25) is 0 Å². The topological polar surface area (TPSA) is 26.3 Å². The third kappa shape index (κ3) is 1.31. The monoisotopic (exact) mass is 196 g/mol. The van der Waals surface area contributed by atoms with Crippen molar-refractivity contribution in [1.82, 2.24) is 0 Å². The molecule has 14 heavy (non-hydrogen) atoms. The van der Waals surface area contributed by atoms with Crippen molar-refractivity contribution in [2.45, 2.75) is 45.1 Å². The molecule has 0 amide bonds. The molecule has 2 heteroatoms. The van der Waals surface area contributed by atoms with Crippen molar-refractivity contribution in [3.63, 3.8) is 0 Å². The van der Waals surface area contributed by atoms with E-state index in [0.29, 0.717) is 12.5 Å². The maximum absolute atomic E-state index is 10.5. The smallest absolute Gasteiger partial charge is 0.120 e. The fourth-order valence-electron chi connectivity index (χ4n) is 3.84. The zero-order chi connectivity index (χ0) is 10.2. The molecule has 0 aliphatic heterocycles. The number of rotatable bonds is 4. The van der Waals surface area contributed by atoms with Crippen LogP contribution in [0.4, 0.5) is 0 Å². The molecule has 0 unspecified atom stereocenters. The summed E-state index contributed by atoms with van der Waals surface area (Å²) in [6.45, 7) is 2.31. The lowest BCUT2D eigenvalue weighted by atomic mass is 9.70. The van der Waals surface area contributed by atoms with Crippen molar-refractivity contribution < 1.29 is 9.53 Å². The van der Waals surface area contributed by atoms with E-state index < -0.39 is 0 Å². The van der Waals surface area contributed by atoms with Gasteiger partial charge in [-0.25, -0.2) is 0 Å². The molecule has 2 saturated carbocycles. The van der Waals surface area contributed by atoms with Gasteiger partial charge in [-0.15, -0.1) is 0 Å². The van der Waals surface area contributed by atoms with E-state index in [2.05, 4.69) is 6.92 Å². The molecule has 2 rings (SSSR count). The van der Waals surface area contributed by atoms with Gasteiger partial charge in [0.2, 0.25) is 0 Å². The average Bonchev–Trinajstić information content (AvgIpc) is 2.74. The molecule has 2 nitrogen and oxygen atoms in total. The lowest BCUT2D eigenvalue weighted by Gasteiger charge is -2.40. The van der Waals surface area contributed by atoms with Crippen LogP contribution in [0.15, 0.2) is 0 Å². The summed E-state index contributed by atoms with van der Waals surface area (Å²) in [7, 11) is 1.82. The molecule has 0 aromatic carbocycles. The van der Waals surface area contributed by atoms with Gasteiger partial charge < -0.3 is 9.53 Å². The SMILES string of the molecule is CO[C@H]1[C@@H]2CC[C@@H](C2)[C@@]1(C)CCC=O. The summed E-state index contributed by atoms with van der Waals surface area (Å²) in [4.78, 5) is 10.5. The van der Waals surface area contributed by atoms with E-state index in [9.17, 15) is 4.79 Å². The van der Waals surface area contributed by atoms with Crippen LogP contribution in [0, 0.1) is 17.3 Å². The van der Waals surface area contributed by atoms with E-state index in [0.717, 1.165) is 24.5 Å². The summed E-state index contributed by atoms with van der Waals surface area (Å²) in [5.41, 5.74) is 0.276. The van der Waals surface area contributed by atoms with Gasteiger partial charge in [0, 0.05) is 13.5 Å². The Morgan fingerprint density at radius 3 is 2.93 bits per heavy atom. The fourth-order valence-corrected chi connectivity index (χ4v) is 3.84. The lowest BCUT2D eigenvalue weighted by Crippen LogP contribution is -2.39.